The summed E-state index contributed by atoms with van der Waals surface area (Å²) < 4.78 is 46.0. The Labute approximate surface area is 158 Å². The summed E-state index contributed by atoms with van der Waals surface area (Å²) in [5, 5.41) is 2.50. The summed E-state index contributed by atoms with van der Waals surface area (Å²) in [6.07, 6.45) is 4.94. The molecule has 8 heteroatoms. The summed E-state index contributed by atoms with van der Waals surface area (Å²) in [5.41, 5.74) is 2.03. The molecule has 0 radical (unpaired) electrons. The molecule has 1 N–H and O–H groups in total. The molecule has 2 heterocycles. The molecule has 1 aliphatic rings. The predicted octanol–water partition coefficient (Wildman–Crippen LogP) is 3.29. The highest BCUT2D eigenvalue weighted by Crippen LogP contribution is 2.38. The molecular weight excluding hydrogens is 371 g/mol. The zero-order chi connectivity index (χ0) is 19.7. The van der Waals surface area contributed by atoms with Crippen molar-refractivity contribution >= 4 is 5.91 Å². The standard InChI is InChI=1S/C20H14F3N3O2/c21-16-6-18(23)17(22)5-15(16)20(27)26-9-13-4-11-2-1-3-14(19(11)28-13)12-7-24-10-25-8-12/h1-3,5-8,10,13H,4,9H2,(H,26,27). The van der Waals surface area contributed by atoms with E-state index in [1.165, 1.54) is 6.33 Å². The maximum Gasteiger partial charge on any atom is 0.254 e. The van der Waals surface area contributed by atoms with E-state index in [0.717, 1.165) is 16.7 Å². The molecule has 0 aliphatic carbocycles. The molecule has 4 rings (SSSR count). The number of nitrogens with zero attached hydrogens (tertiary/aromatic N) is 2. The molecule has 0 bridgehead atoms. The van der Waals surface area contributed by atoms with E-state index < -0.39 is 28.9 Å². The molecule has 0 fully saturated rings. The third kappa shape index (κ3) is 3.40. The van der Waals surface area contributed by atoms with Crippen molar-refractivity contribution in [2.45, 2.75) is 12.5 Å². The van der Waals surface area contributed by atoms with Crippen molar-refractivity contribution in [2.24, 2.45) is 0 Å². The third-order valence-corrected chi connectivity index (χ3v) is 4.45. The average molecular weight is 385 g/mol. The number of halogens is 3. The lowest BCUT2D eigenvalue weighted by molar-refractivity contribution is 0.0929. The Balaban J connectivity index is 1.46. The molecule has 0 saturated carbocycles. The summed E-state index contributed by atoms with van der Waals surface area (Å²) in [6.45, 7) is 0.0800. The van der Waals surface area contributed by atoms with Crippen LogP contribution in [0.25, 0.3) is 11.1 Å². The van der Waals surface area contributed by atoms with E-state index in [1.54, 1.807) is 12.4 Å². The lowest BCUT2D eigenvalue weighted by Crippen LogP contribution is -2.35. The molecule has 1 atom stereocenters. The van der Waals surface area contributed by atoms with Gasteiger partial charge in [0, 0.05) is 36.0 Å². The van der Waals surface area contributed by atoms with Crippen molar-refractivity contribution in [1.82, 2.24) is 15.3 Å². The normalized spacial score (nSPS) is 15.0. The highest BCUT2D eigenvalue weighted by molar-refractivity contribution is 5.94. The monoisotopic (exact) mass is 385 g/mol. The number of hydrogen-bond acceptors (Lipinski definition) is 4. The molecule has 28 heavy (non-hydrogen) atoms. The number of benzene rings is 2. The second-order valence-electron chi connectivity index (χ2n) is 6.32. The summed E-state index contributed by atoms with van der Waals surface area (Å²) in [4.78, 5) is 20.1. The first-order valence-electron chi connectivity index (χ1n) is 8.49. The smallest absolute Gasteiger partial charge is 0.254 e. The van der Waals surface area contributed by atoms with Gasteiger partial charge in [0.2, 0.25) is 0 Å². The molecule has 142 valence electrons. The lowest BCUT2D eigenvalue weighted by atomic mass is 10.0. The van der Waals surface area contributed by atoms with Crippen LogP contribution in [0.5, 0.6) is 5.75 Å². The quantitative estimate of drug-likeness (QED) is 0.700. The minimum absolute atomic E-state index is 0.0800. The Hall–Kier alpha value is -3.42. The van der Waals surface area contributed by atoms with Gasteiger partial charge in [0.05, 0.1) is 12.1 Å². The van der Waals surface area contributed by atoms with Crippen molar-refractivity contribution < 1.29 is 22.7 Å². The van der Waals surface area contributed by atoms with Gasteiger partial charge in [0.1, 0.15) is 24.0 Å². The SMILES string of the molecule is O=C(NCC1Cc2cccc(-c3cncnc3)c2O1)c1cc(F)c(F)cc1F. The summed E-state index contributed by atoms with van der Waals surface area (Å²) >= 11 is 0. The molecule has 1 aromatic heterocycles. The van der Waals surface area contributed by atoms with Gasteiger partial charge >= 0.3 is 0 Å². The van der Waals surface area contributed by atoms with Crippen LogP contribution in [-0.4, -0.2) is 28.5 Å². The topological polar surface area (TPSA) is 64.1 Å². The number of para-hydroxylation sites is 1. The zero-order valence-corrected chi connectivity index (χ0v) is 14.5. The van der Waals surface area contributed by atoms with Crippen LogP contribution in [0.1, 0.15) is 15.9 Å². The number of carbonyl (C=O) groups excluding carboxylic acids is 1. The number of fused-ring (bicyclic) bond motifs is 1. The number of aromatic nitrogens is 2. The Bertz CT molecular complexity index is 1040. The van der Waals surface area contributed by atoms with Crippen molar-refractivity contribution in [2.75, 3.05) is 6.54 Å². The number of nitrogens with one attached hydrogen (secondary N) is 1. The Morgan fingerprint density at radius 3 is 2.64 bits per heavy atom. The van der Waals surface area contributed by atoms with Crippen LogP contribution in [0.2, 0.25) is 0 Å². The van der Waals surface area contributed by atoms with Crippen LogP contribution in [0.3, 0.4) is 0 Å². The molecule has 1 aliphatic heterocycles. The van der Waals surface area contributed by atoms with Crippen LogP contribution < -0.4 is 10.1 Å². The molecule has 2 aromatic carbocycles. The van der Waals surface area contributed by atoms with Crippen molar-refractivity contribution in [1.29, 1.82) is 0 Å². The molecule has 1 amide bonds. The van der Waals surface area contributed by atoms with Crippen LogP contribution >= 0.6 is 0 Å². The zero-order valence-electron chi connectivity index (χ0n) is 14.5. The van der Waals surface area contributed by atoms with Gasteiger partial charge < -0.3 is 10.1 Å². The van der Waals surface area contributed by atoms with E-state index in [2.05, 4.69) is 15.3 Å². The number of ether oxygens (including phenoxy) is 1. The molecule has 5 nitrogen and oxygen atoms in total. The first-order chi connectivity index (χ1) is 13.5. The number of carbonyl (C=O) groups is 1. The van der Waals surface area contributed by atoms with Gasteiger partial charge in [0.25, 0.3) is 5.91 Å². The van der Waals surface area contributed by atoms with Crippen LogP contribution in [0.15, 0.2) is 49.1 Å². The van der Waals surface area contributed by atoms with Gasteiger partial charge in [-0.05, 0) is 11.6 Å². The number of rotatable bonds is 4. The van der Waals surface area contributed by atoms with Crippen LogP contribution in [0.4, 0.5) is 13.2 Å². The largest absolute Gasteiger partial charge is 0.487 e. The van der Waals surface area contributed by atoms with Gasteiger partial charge in [-0.2, -0.15) is 0 Å². The highest BCUT2D eigenvalue weighted by atomic mass is 19.2. The number of amides is 1. The summed E-state index contributed by atoms with van der Waals surface area (Å²) in [6, 6.07) is 6.58. The molecule has 1 unspecified atom stereocenters. The number of hydrogen-bond donors (Lipinski definition) is 1. The van der Waals surface area contributed by atoms with E-state index in [1.807, 2.05) is 18.2 Å². The first kappa shape index (κ1) is 18.0. The molecule has 3 aromatic rings. The molecule has 0 saturated heterocycles. The Morgan fingerprint density at radius 2 is 1.86 bits per heavy atom. The first-order valence-corrected chi connectivity index (χ1v) is 8.49. The van der Waals surface area contributed by atoms with Gasteiger partial charge in [-0.3, -0.25) is 4.79 Å². The van der Waals surface area contributed by atoms with E-state index >= 15 is 0 Å². The predicted molar refractivity (Wildman–Crippen MR) is 94.2 cm³/mol. The fourth-order valence-corrected chi connectivity index (χ4v) is 3.12. The second-order valence-corrected chi connectivity index (χ2v) is 6.32. The Morgan fingerprint density at radius 1 is 1.11 bits per heavy atom. The molecular formula is C20H14F3N3O2. The maximum absolute atomic E-state index is 13.7. The van der Waals surface area contributed by atoms with E-state index in [4.69, 9.17) is 4.74 Å². The van der Waals surface area contributed by atoms with E-state index in [-0.39, 0.29) is 12.6 Å². The maximum atomic E-state index is 13.7. The van der Waals surface area contributed by atoms with Crippen LogP contribution in [0, 0.1) is 17.5 Å². The third-order valence-electron chi connectivity index (χ3n) is 4.45. The van der Waals surface area contributed by atoms with Crippen LogP contribution in [-0.2, 0) is 6.42 Å². The van der Waals surface area contributed by atoms with Crippen molar-refractivity contribution in [3.8, 4) is 16.9 Å². The molecule has 0 spiro atoms. The fraction of sp³-hybridized carbons (Fsp3) is 0.150. The van der Waals surface area contributed by atoms with Gasteiger partial charge in [-0.25, -0.2) is 23.1 Å². The second kappa shape index (κ2) is 7.30. The van der Waals surface area contributed by atoms with Crippen molar-refractivity contribution in [3.63, 3.8) is 0 Å². The van der Waals surface area contributed by atoms with Crippen molar-refractivity contribution in [3.05, 3.63) is 77.6 Å². The minimum atomic E-state index is -1.35. The minimum Gasteiger partial charge on any atom is -0.487 e. The van der Waals surface area contributed by atoms with Gasteiger partial charge in [-0.15, -0.1) is 0 Å². The average Bonchev–Trinajstić information content (AvgIpc) is 3.12. The highest BCUT2D eigenvalue weighted by Gasteiger charge is 2.27. The Kier molecular flexibility index (Phi) is 4.68. The lowest BCUT2D eigenvalue weighted by Gasteiger charge is -2.14. The van der Waals surface area contributed by atoms with Gasteiger partial charge in [0.15, 0.2) is 11.6 Å². The summed E-state index contributed by atoms with van der Waals surface area (Å²) in [7, 11) is 0. The fourth-order valence-electron chi connectivity index (χ4n) is 3.12. The van der Waals surface area contributed by atoms with E-state index in [0.29, 0.717) is 24.3 Å². The summed E-state index contributed by atoms with van der Waals surface area (Å²) in [5.74, 6) is -3.92. The van der Waals surface area contributed by atoms with Gasteiger partial charge in [-0.1, -0.05) is 18.2 Å². The van der Waals surface area contributed by atoms with E-state index in [9.17, 15) is 18.0 Å².